The van der Waals surface area contributed by atoms with Gasteiger partial charge in [-0.1, -0.05) is 83.1 Å². The highest BCUT2D eigenvalue weighted by Gasteiger charge is 2.24. The summed E-state index contributed by atoms with van der Waals surface area (Å²) < 4.78 is 11.9. The van der Waals surface area contributed by atoms with Crippen molar-refractivity contribution in [1.29, 1.82) is 0 Å². The predicted octanol–water partition coefficient (Wildman–Crippen LogP) is 9.43. The molecular weight excluding hydrogens is 458 g/mol. The molecule has 0 aliphatic heterocycles. The highest BCUT2D eigenvalue weighted by Crippen LogP contribution is 2.19. The molecule has 0 aromatic heterocycles. The minimum atomic E-state index is -0.143. The molecule has 0 aliphatic rings. The van der Waals surface area contributed by atoms with E-state index in [2.05, 4.69) is 57.1 Å². The van der Waals surface area contributed by atoms with Gasteiger partial charge in [-0.2, -0.15) is 0 Å². The fourth-order valence-electron chi connectivity index (χ4n) is 4.60. The van der Waals surface area contributed by atoms with Gasteiger partial charge < -0.3 is 14.4 Å². The number of nitrogens with zero attached hydrogens (tertiary/aromatic N) is 1. The Labute approximate surface area is 231 Å². The van der Waals surface area contributed by atoms with Crippen molar-refractivity contribution >= 4 is 5.97 Å². The Hall–Kier alpha value is -1.13. The zero-order valence-electron chi connectivity index (χ0n) is 25.5. The van der Waals surface area contributed by atoms with Crippen molar-refractivity contribution < 1.29 is 14.3 Å². The monoisotopic (exact) mass is 521 g/mol. The summed E-state index contributed by atoms with van der Waals surface area (Å²) >= 11 is 0. The van der Waals surface area contributed by atoms with Gasteiger partial charge in [-0.3, -0.25) is 4.79 Å². The molecule has 2 unspecified atom stereocenters. The van der Waals surface area contributed by atoms with Crippen LogP contribution in [0.2, 0.25) is 0 Å². The maximum Gasteiger partial charge on any atom is 0.306 e. The van der Waals surface area contributed by atoms with Gasteiger partial charge in [0.2, 0.25) is 0 Å². The van der Waals surface area contributed by atoms with Crippen LogP contribution in [0.4, 0.5) is 0 Å². The standard InChI is InChI=1S/C33H63NO3/c1-6-8-10-12-14-16-18-20-23-27-31(36-5)32(28-24-21-19-17-15-13-11-9-7-2)37-33(35)29-25-22-26-30-34(3)4/h16-19,31-32H,6-15,20-30H2,1-5H3/b18-16-,19-17-. The van der Waals surface area contributed by atoms with Crippen LogP contribution in [0.5, 0.6) is 0 Å². The minimum Gasteiger partial charge on any atom is -0.460 e. The number of allylic oxidation sites excluding steroid dienone is 4. The van der Waals surface area contributed by atoms with E-state index in [4.69, 9.17) is 9.47 Å². The van der Waals surface area contributed by atoms with Gasteiger partial charge in [-0.05, 0) is 97.7 Å². The van der Waals surface area contributed by atoms with E-state index in [9.17, 15) is 4.79 Å². The van der Waals surface area contributed by atoms with Crippen molar-refractivity contribution in [3.8, 4) is 0 Å². The molecule has 0 aliphatic carbocycles. The second-order valence-corrected chi connectivity index (χ2v) is 10.9. The maximum absolute atomic E-state index is 12.6. The molecule has 0 rings (SSSR count). The number of ether oxygens (including phenoxy) is 2. The molecule has 218 valence electrons. The summed E-state index contributed by atoms with van der Waals surface area (Å²) in [6.45, 7) is 5.58. The van der Waals surface area contributed by atoms with Crippen molar-refractivity contribution in [3.63, 3.8) is 0 Å². The predicted molar refractivity (Wildman–Crippen MR) is 161 cm³/mol. The molecule has 0 amide bonds. The number of carbonyl (C=O) groups is 1. The Balaban J connectivity index is 4.55. The van der Waals surface area contributed by atoms with Crippen LogP contribution in [0, 0.1) is 0 Å². The first-order valence-corrected chi connectivity index (χ1v) is 15.7. The molecule has 0 aromatic carbocycles. The molecule has 0 heterocycles. The second kappa shape index (κ2) is 27.9. The lowest BCUT2D eigenvalue weighted by Gasteiger charge is -2.26. The molecule has 2 atom stereocenters. The largest absolute Gasteiger partial charge is 0.460 e. The number of methoxy groups -OCH3 is 1. The smallest absolute Gasteiger partial charge is 0.306 e. The molecule has 0 spiro atoms. The number of hydrogen-bond donors (Lipinski definition) is 0. The molecule has 0 radical (unpaired) electrons. The molecule has 37 heavy (non-hydrogen) atoms. The Bertz CT molecular complexity index is 544. The Morgan fingerprint density at radius 3 is 1.62 bits per heavy atom. The van der Waals surface area contributed by atoms with Crippen molar-refractivity contribution in [1.82, 2.24) is 4.90 Å². The van der Waals surface area contributed by atoms with Gasteiger partial charge in [0, 0.05) is 13.5 Å². The lowest BCUT2D eigenvalue weighted by atomic mass is 10.0. The van der Waals surface area contributed by atoms with Gasteiger partial charge in [0.05, 0.1) is 6.10 Å². The van der Waals surface area contributed by atoms with E-state index in [1.54, 1.807) is 7.11 Å². The van der Waals surface area contributed by atoms with E-state index in [-0.39, 0.29) is 18.2 Å². The van der Waals surface area contributed by atoms with E-state index in [0.717, 1.165) is 64.3 Å². The van der Waals surface area contributed by atoms with E-state index >= 15 is 0 Å². The molecule has 0 N–H and O–H groups in total. The molecular formula is C33H63NO3. The van der Waals surface area contributed by atoms with Crippen LogP contribution in [0.15, 0.2) is 24.3 Å². The Morgan fingerprint density at radius 2 is 1.14 bits per heavy atom. The van der Waals surface area contributed by atoms with Crippen LogP contribution in [0.3, 0.4) is 0 Å². The summed E-state index contributed by atoms with van der Waals surface area (Å²) in [7, 11) is 5.95. The summed E-state index contributed by atoms with van der Waals surface area (Å²) in [5, 5.41) is 0. The van der Waals surface area contributed by atoms with Gasteiger partial charge in [0.15, 0.2) is 0 Å². The van der Waals surface area contributed by atoms with Gasteiger partial charge in [0.1, 0.15) is 6.10 Å². The molecule has 0 aromatic rings. The Kier molecular flexibility index (Phi) is 27.0. The minimum absolute atomic E-state index is 0.0198. The van der Waals surface area contributed by atoms with E-state index in [1.165, 1.54) is 64.2 Å². The fourth-order valence-corrected chi connectivity index (χ4v) is 4.60. The zero-order valence-corrected chi connectivity index (χ0v) is 25.5. The summed E-state index contributed by atoms with van der Waals surface area (Å²) in [5.41, 5.74) is 0. The van der Waals surface area contributed by atoms with Crippen LogP contribution >= 0.6 is 0 Å². The number of unbranched alkanes of at least 4 members (excludes halogenated alkanes) is 12. The topological polar surface area (TPSA) is 38.8 Å². The lowest BCUT2D eigenvalue weighted by Crippen LogP contribution is -2.33. The summed E-state index contributed by atoms with van der Waals surface area (Å²) in [6.07, 6.45) is 31.6. The van der Waals surface area contributed by atoms with Gasteiger partial charge in [-0.25, -0.2) is 0 Å². The number of rotatable bonds is 27. The normalized spacial score (nSPS) is 13.7. The third-order valence-electron chi connectivity index (χ3n) is 6.99. The highest BCUT2D eigenvalue weighted by atomic mass is 16.6. The molecule has 4 heteroatoms. The number of hydrogen-bond acceptors (Lipinski definition) is 4. The van der Waals surface area contributed by atoms with Crippen LogP contribution < -0.4 is 0 Å². The van der Waals surface area contributed by atoms with Crippen molar-refractivity contribution in [2.24, 2.45) is 0 Å². The van der Waals surface area contributed by atoms with E-state index in [1.807, 2.05) is 0 Å². The van der Waals surface area contributed by atoms with E-state index < -0.39 is 0 Å². The Morgan fingerprint density at radius 1 is 0.649 bits per heavy atom. The number of carbonyl (C=O) groups excluding carboxylic acids is 1. The zero-order chi connectivity index (χ0) is 27.4. The summed E-state index contributed by atoms with van der Waals surface area (Å²) in [6, 6.07) is 0. The average molecular weight is 522 g/mol. The highest BCUT2D eigenvalue weighted by molar-refractivity contribution is 5.69. The first-order chi connectivity index (χ1) is 18.0. The molecule has 0 fully saturated rings. The third kappa shape index (κ3) is 24.9. The second-order valence-electron chi connectivity index (χ2n) is 10.9. The van der Waals surface area contributed by atoms with Gasteiger partial charge >= 0.3 is 5.97 Å². The SMILES string of the molecule is CCCCCC/C=C\CCCC(OC)C(CCC/C=C\CCCCCC)OC(=O)CCCCCN(C)C. The molecule has 0 saturated heterocycles. The summed E-state index contributed by atoms with van der Waals surface area (Å²) in [5.74, 6) is -0.0599. The maximum atomic E-state index is 12.6. The van der Waals surface area contributed by atoms with Gasteiger partial charge in [0.25, 0.3) is 0 Å². The molecule has 0 bridgehead atoms. The first kappa shape index (κ1) is 35.9. The van der Waals surface area contributed by atoms with Crippen LogP contribution in [0.25, 0.3) is 0 Å². The fraction of sp³-hybridized carbons (Fsp3) is 0.848. The van der Waals surface area contributed by atoms with Gasteiger partial charge in [-0.15, -0.1) is 0 Å². The summed E-state index contributed by atoms with van der Waals surface area (Å²) in [4.78, 5) is 14.8. The average Bonchev–Trinajstić information content (AvgIpc) is 2.88. The van der Waals surface area contributed by atoms with Crippen molar-refractivity contribution in [3.05, 3.63) is 24.3 Å². The third-order valence-corrected chi connectivity index (χ3v) is 6.99. The number of esters is 1. The lowest BCUT2D eigenvalue weighted by molar-refractivity contribution is -0.157. The molecule has 0 saturated carbocycles. The van der Waals surface area contributed by atoms with Crippen LogP contribution in [0.1, 0.15) is 142 Å². The molecule has 4 nitrogen and oxygen atoms in total. The van der Waals surface area contributed by atoms with Crippen molar-refractivity contribution in [2.45, 2.75) is 154 Å². The van der Waals surface area contributed by atoms with Crippen LogP contribution in [-0.2, 0) is 14.3 Å². The quantitative estimate of drug-likeness (QED) is 0.0613. The first-order valence-electron chi connectivity index (χ1n) is 15.7. The van der Waals surface area contributed by atoms with Crippen molar-refractivity contribution in [2.75, 3.05) is 27.7 Å². The van der Waals surface area contributed by atoms with E-state index in [0.29, 0.717) is 6.42 Å². The van der Waals surface area contributed by atoms with Crippen LogP contribution in [-0.4, -0.2) is 50.8 Å².